The lowest BCUT2D eigenvalue weighted by atomic mass is 9.86. The van der Waals surface area contributed by atoms with Gasteiger partial charge in [0.15, 0.2) is 0 Å². The number of rotatable bonds is 4. The minimum absolute atomic E-state index is 0.0309. The van der Waals surface area contributed by atoms with Gasteiger partial charge in [-0.3, -0.25) is 0 Å². The van der Waals surface area contributed by atoms with Gasteiger partial charge >= 0.3 is 5.97 Å². The molecule has 2 rings (SSSR count). The maximum absolute atomic E-state index is 11.0. The summed E-state index contributed by atoms with van der Waals surface area (Å²) in [6, 6.07) is 1.37. The Morgan fingerprint density at radius 1 is 1.47 bits per heavy atom. The van der Waals surface area contributed by atoms with Crippen LogP contribution in [0.1, 0.15) is 36.0 Å². The van der Waals surface area contributed by atoms with Gasteiger partial charge in [0, 0.05) is 18.7 Å². The number of carboxylic acid groups (broad SMARTS) is 1. The molecule has 1 saturated carbocycles. The predicted molar refractivity (Wildman–Crippen MR) is 72.7 cm³/mol. The van der Waals surface area contributed by atoms with Crippen molar-refractivity contribution in [3.8, 4) is 0 Å². The molecule has 104 valence electrons. The van der Waals surface area contributed by atoms with Crippen LogP contribution in [0, 0.1) is 5.92 Å². The first-order valence-corrected chi connectivity index (χ1v) is 6.77. The molecule has 1 fully saturated rings. The second-order valence-corrected chi connectivity index (χ2v) is 5.20. The monoisotopic (exact) mass is 284 g/mol. The van der Waals surface area contributed by atoms with Crippen LogP contribution in [0.5, 0.6) is 0 Å². The highest BCUT2D eigenvalue weighted by molar-refractivity contribution is 6.35. The minimum Gasteiger partial charge on any atom is -0.478 e. The van der Waals surface area contributed by atoms with Crippen molar-refractivity contribution >= 4 is 23.4 Å². The number of anilines is 1. The normalized spacial score (nSPS) is 23.1. The summed E-state index contributed by atoms with van der Waals surface area (Å²) in [6.07, 6.45) is 5.06. The molecule has 1 aliphatic carbocycles. The Morgan fingerprint density at radius 3 is 2.89 bits per heavy atom. The number of carbonyl (C=O) groups is 1. The number of nitrogens with one attached hydrogen (secondary N) is 1. The fourth-order valence-electron chi connectivity index (χ4n) is 2.39. The predicted octanol–water partition coefficient (Wildman–Crippen LogP) is 2.40. The van der Waals surface area contributed by atoms with Gasteiger partial charge in [-0.1, -0.05) is 24.4 Å². The molecule has 2 unspecified atom stereocenters. The van der Waals surface area contributed by atoms with Crippen LogP contribution in [0.15, 0.2) is 12.3 Å². The Balaban J connectivity index is 2.03. The fraction of sp³-hybridized carbons (Fsp3) is 0.538. The van der Waals surface area contributed by atoms with Gasteiger partial charge in [0.05, 0.1) is 16.7 Å². The van der Waals surface area contributed by atoms with E-state index in [1.807, 2.05) is 0 Å². The maximum atomic E-state index is 11.0. The van der Waals surface area contributed by atoms with Gasteiger partial charge in [0.1, 0.15) is 5.82 Å². The Hall–Kier alpha value is -1.33. The summed E-state index contributed by atoms with van der Waals surface area (Å²) in [6.45, 7) is 0.553. The van der Waals surface area contributed by atoms with E-state index in [4.69, 9.17) is 16.7 Å². The number of pyridine rings is 1. The van der Waals surface area contributed by atoms with E-state index >= 15 is 0 Å². The molecule has 19 heavy (non-hydrogen) atoms. The number of halogens is 1. The van der Waals surface area contributed by atoms with Gasteiger partial charge in [-0.15, -0.1) is 0 Å². The third-order valence-corrected chi connectivity index (χ3v) is 3.90. The van der Waals surface area contributed by atoms with E-state index in [-0.39, 0.29) is 22.6 Å². The molecule has 0 aromatic carbocycles. The van der Waals surface area contributed by atoms with Crippen LogP contribution in [-0.4, -0.2) is 33.8 Å². The first-order valence-electron chi connectivity index (χ1n) is 6.39. The smallest absolute Gasteiger partial charge is 0.337 e. The van der Waals surface area contributed by atoms with E-state index in [1.54, 1.807) is 0 Å². The minimum atomic E-state index is -1.08. The van der Waals surface area contributed by atoms with E-state index in [0.717, 1.165) is 25.7 Å². The molecule has 6 heteroatoms. The van der Waals surface area contributed by atoms with E-state index in [2.05, 4.69) is 10.3 Å². The molecule has 0 spiro atoms. The summed E-state index contributed by atoms with van der Waals surface area (Å²) in [5.74, 6) is -0.549. The number of hydrogen-bond acceptors (Lipinski definition) is 4. The molecule has 0 saturated heterocycles. The molecule has 5 nitrogen and oxygen atoms in total. The first-order chi connectivity index (χ1) is 9.09. The Labute approximate surface area is 116 Å². The summed E-state index contributed by atoms with van der Waals surface area (Å²) in [5, 5.41) is 22.0. The van der Waals surface area contributed by atoms with Gasteiger partial charge < -0.3 is 15.5 Å². The van der Waals surface area contributed by atoms with Gasteiger partial charge in [-0.2, -0.15) is 0 Å². The fourth-order valence-corrected chi connectivity index (χ4v) is 2.65. The molecular formula is C13H17ClN2O3. The summed E-state index contributed by atoms with van der Waals surface area (Å²) < 4.78 is 0. The summed E-state index contributed by atoms with van der Waals surface area (Å²) in [5.41, 5.74) is 0.0309. The van der Waals surface area contributed by atoms with Crippen LogP contribution >= 0.6 is 11.6 Å². The van der Waals surface area contributed by atoms with Crippen molar-refractivity contribution in [2.24, 2.45) is 5.92 Å². The molecule has 1 heterocycles. The van der Waals surface area contributed by atoms with Crippen molar-refractivity contribution in [2.45, 2.75) is 31.8 Å². The van der Waals surface area contributed by atoms with E-state index in [9.17, 15) is 9.90 Å². The van der Waals surface area contributed by atoms with Crippen LogP contribution in [0.25, 0.3) is 0 Å². The molecule has 0 amide bonds. The van der Waals surface area contributed by atoms with Crippen LogP contribution in [-0.2, 0) is 0 Å². The number of hydrogen-bond donors (Lipinski definition) is 3. The molecule has 1 aromatic heterocycles. The van der Waals surface area contributed by atoms with Gasteiger partial charge in [0.2, 0.25) is 0 Å². The molecule has 0 radical (unpaired) electrons. The van der Waals surface area contributed by atoms with Crippen molar-refractivity contribution in [1.82, 2.24) is 4.98 Å². The van der Waals surface area contributed by atoms with Crippen molar-refractivity contribution in [3.05, 3.63) is 22.8 Å². The average molecular weight is 285 g/mol. The van der Waals surface area contributed by atoms with Gasteiger partial charge in [0.25, 0.3) is 0 Å². The van der Waals surface area contributed by atoms with Crippen LogP contribution in [0.3, 0.4) is 0 Å². The lowest BCUT2D eigenvalue weighted by Gasteiger charge is -2.27. The Bertz CT molecular complexity index is 467. The largest absolute Gasteiger partial charge is 0.478 e. The van der Waals surface area contributed by atoms with E-state index < -0.39 is 5.97 Å². The third-order valence-electron chi connectivity index (χ3n) is 3.52. The van der Waals surface area contributed by atoms with Crippen molar-refractivity contribution in [1.29, 1.82) is 0 Å². The number of aliphatic hydroxyl groups is 1. The molecule has 0 aliphatic heterocycles. The lowest BCUT2D eigenvalue weighted by molar-refractivity contribution is 0.0696. The number of carboxylic acids is 1. The highest BCUT2D eigenvalue weighted by Gasteiger charge is 2.23. The van der Waals surface area contributed by atoms with Crippen molar-refractivity contribution in [2.75, 3.05) is 11.9 Å². The second-order valence-electron chi connectivity index (χ2n) is 4.82. The van der Waals surface area contributed by atoms with Gasteiger partial charge in [-0.05, 0) is 18.9 Å². The number of aromatic carboxylic acids is 1. The van der Waals surface area contributed by atoms with Gasteiger partial charge in [-0.25, -0.2) is 9.78 Å². The standard InChI is InChI=1S/C13H17ClN2O3/c14-11-9(13(18)19)5-6-15-12(11)16-7-8-3-1-2-4-10(8)17/h5-6,8,10,17H,1-4,7H2,(H,15,16)(H,18,19). The quantitative estimate of drug-likeness (QED) is 0.791. The summed E-state index contributed by atoms with van der Waals surface area (Å²) >= 11 is 5.99. The molecular weight excluding hydrogens is 268 g/mol. The second kappa shape index (κ2) is 6.21. The topological polar surface area (TPSA) is 82.5 Å². The van der Waals surface area contributed by atoms with Crippen LogP contribution in [0.4, 0.5) is 5.82 Å². The summed E-state index contributed by atoms with van der Waals surface area (Å²) in [7, 11) is 0. The van der Waals surface area contributed by atoms with E-state index in [1.165, 1.54) is 12.3 Å². The highest BCUT2D eigenvalue weighted by atomic mass is 35.5. The zero-order chi connectivity index (χ0) is 13.8. The molecule has 3 N–H and O–H groups in total. The molecule has 1 aromatic rings. The van der Waals surface area contributed by atoms with Crippen LogP contribution < -0.4 is 5.32 Å². The Morgan fingerprint density at radius 2 is 2.21 bits per heavy atom. The first kappa shape index (κ1) is 14.1. The number of aliphatic hydroxyl groups excluding tert-OH is 1. The summed E-state index contributed by atoms with van der Waals surface area (Å²) in [4.78, 5) is 15.0. The molecule has 1 aliphatic rings. The van der Waals surface area contributed by atoms with E-state index in [0.29, 0.717) is 12.4 Å². The van der Waals surface area contributed by atoms with Crippen LogP contribution in [0.2, 0.25) is 5.02 Å². The number of aromatic nitrogens is 1. The molecule has 2 atom stereocenters. The zero-order valence-corrected chi connectivity index (χ0v) is 11.2. The third kappa shape index (κ3) is 3.36. The maximum Gasteiger partial charge on any atom is 0.337 e. The highest BCUT2D eigenvalue weighted by Crippen LogP contribution is 2.27. The average Bonchev–Trinajstić information content (AvgIpc) is 2.39. The SMILES string of the molecule is O=C(O)c1ccnc(NCC2CCCCC2O)c1Cl. The molecule has 0 bridgehead atoms. The Kier molecular flexibility index (Phi) is 4.61. The zero-order valence-electron chi connectivity index (χ0n) is 10.5. The van der Waals surface area contributed by atoms with Crippen molar-refractivity contribution in [3.63, 3.8) is 0 Å². The van der Waals surface area contributed by atoms with Crippen molar-refractivity contribution < 1.29 is 15.0 Å². The number of nitrogens with zero attached hydrogens (tertiary/aromatic N) is 1. The lowest BCUT2D eigenvalue weighted by Crippen LogP contribution is -2.30.